The van der Waals surface area contributed by atoms with Gasteiger partial charge in [-0.1, -0.05) is 31.2 Å². The first-order valence-electron chi connectivity index (χ1n) is 9.11. The zero-order valence-electron chi connectivity index (χ0n) is 14.6. The van der Waals surface area contributed by atoms with Crippen LogP contribution in [-0.4, -0.2) is 49.4 Å². The van der Waals surface area contributed by atoms with Gasteiger partial charge in [0.2, 0.25) is 0 Å². The second kappa shape index (κ2) is 8.77. The molecule has 1 aromatic carbocycles. The van der Waals surface area contributed by atoms with Crippen LogP contribution in [0.1, 0.15) is 37.7 Å². The third kappa shape index (κ3) is 5.14. The average molecular weight is 342 g/mol. The quantitative estimate of drug-likeness (QED) is 0.856. The highest BCUT2D eigenvalue weighted by molar-refractivity contribution is 5.74. The number of carbonyl (C=O) groups is 1. The number of nitrogens with zero attached hydrogens (tertiary/aromatic N) is 1. The second-order valence-corrected chi connectivity index (χ2v) is 6.71. The summed E-state index contributed by atoms with van der Waals surface area (Å²) in [5, 5.41) is 3.17. The number of morpholine rings is 1. The monoisotopic (exact) mass is 342 g/mol. The van der Waals surface area contributed by atoms with Crippen LogP contribution in [0.25, 0.3) is 0 Å². The first-order chi connectivity index (χ1) is 12.2. The second-order valence-electron chi connectivity index (χ2n) is 6.71. The Labute approximate surface area is 149 Å². The van der Waals surface area contributed by atoms with Crippen molar-refractivity contribution in [3.63, 3.8) is 0 Å². The molecule has 1 unspecified atom stereocenters. The number of terminal acetylenes is 1. The third-order valence-electron chi connectivity index (χ3n) is 4.80. The zero-order chi connectivity index (χ0) is 17.5. The van der Waals surface area contributed by atoms with E-state index in [1.54, 1.807) is 0 Å². The maximum Gasteiger partial charge on any atom is 0.317 e. The van der Waals surface area contributed by atoms with Crippen LogP contribution >= 0.6 is 0 Å². The molecule has 0 aromatic heterocycles. The van der Waals surface area contributed by atoms with E-state index in [2.05, 4.69) is 11.2 Å². The van der Waals surface area contributed by atoms with Crippen LogP contribution in [-0.2, 0) is 4.74 Å². The number of urea groups is 1. The maximum atomic E-state index is 12.5. The van der Waals surface area contributed by atoms with Crippen molar-refractivity contribution < 1.29 is 14.3 Å². The van der Waals surface area contributed by atoms with Crippen molar-refractivity contribution in [2.75, 3.05) is 26.3 Å². The molecule has 5 heteroatoms. The van der Waals surface area contributed by atoms with Gasteiger partial charge in [-0.2, -0.15) is 0 Å². The maximum absolute atomic E-state index is 12.5. The number of benzene rings is 1. The molecule has 1 heterocycles. The Kier molecular flexibility index (Phi) is 6.19. The number of ether oxygens (including phenoxy) is 2. The number of nitrogens with one attached hydrogen (secondary N) is 1. The third-order valence-corrected chi connectivity index (χ3v) is 4.80. The van der Waals surface area contributed by atoms with Crippen molar-refractivity contribution in [1.29, 1.82) is 0 Å². The lowest BCUT2D eigenvalue weighted by atomic mass is 9.96. The van der Waals surface area contributed by atoms with E-state index in [9.17, 15) is 4.79 Å². The van der Waals surface area contributed by atoms with Crippen LogP contribution in [0.4, 0.5) is 4.79 Å². The topological polar surface area (TPSA) is 50.8 Å². The van der Waals surface area contributed by atoms with Gasteiger partial charge in [-0.3, -0.25) is 0 Å². The van der Waals surface area contributed by atoms with E-state index in [-0.39, 0.29) is 12.1 Å². The van der Waals surface area contributed by atoms with E-state index in [4.69, 9.17) is 15.9 Å². The highest BCUT2D eigenvalue weighted by atomic mass is 16.5. The fraction of sp³-hybridized carbons (Fsp3) is 0.550. The van der Waals surface area contributed by atoms with Gasteiger partial charge >= 0.3 is 6.03 Å². The van der Waals surface area contributed by atoms with Crippen molar-refractivity contribution in [2.24, 2.45) is 0 Å². The van der Waals surface area contributed by atoms with Crippen molar-refractivity contribution in [1.82, 2.24) is 10.2 Å². The van der Waals surface area contributed by atoms with Crippen LogP contribution in [0.15, 0.2) is 24.3 Å². The van der Waals surface area contributed by atoms with Gasteiger partial charge in [-0.05, 0) is 31.0 Å². The van der Waals surface area contributed by atoms with Gasteiger partial charge in [0.1, 0.15) is 18.5 Å². The molecule has 134 valence electrons. The van der Waals surface area contributed by atoms with Gasteiger partial charge in [-0.15, -0.1) is 6.42 Å². The van der Waals surface area contributed by atoms with Crippen molar-refractivity contribution in [2.45, 2.75) is 44.2 Å². The lowest BCUT2D eigenvalue weighted by molar-refractivity contribution is -0.0355. The molecule has 0 spiro atoms. The zero-order valence-corrected chi connectivity index (χ0v) is 14.6. The summed E-state index contributed by atoms with van der Waals surface area (Å²) in [6.45, 7) is 2.12. The van der Waals surface area contributed by atoms with Crippen LogP contribution in [0.2, 0.25) is 0 Å². The standard InChI is InChI=1S/C20H26N2O3/c1-2-16-7-6-10-18(13-16)25-15-19-14-22(11-12-24-19)20(23)21-17-8-4-3-5-9-17/h1,6-7,10,13,17,19H,3-5,8-9,11-12,14-15H2,(H,21,23). The summed E-state index contributed by atoms with van der Waals surface area (Å²) < 4.78 is 11.5. The van der Waals surface area contributed by atoms with Crippen molar-refractivity contribution in [3.8, 4) is 18.1 Å². The smallest absolute Gasteiger partial charge is 0.317 e. The van der Waals surface area contributed by atoms with Gasteiger partial charge < -0.3 is 19.7 Å². The Morgan fingerprint density at radius 1 is 1.36 bits per heavy atom. The van der Waals surface area contributed by atoms with E-state index in [0.717, 1.165) is 24.2 Å². The first-order valence-corrected chi connectivity index (χ1v) is 9.11. The van der Waals surface area contributed by atoms with E-state index in [1.165, 1.54) is 19.3 Å². The fourth-order valence-electron chi connectivity index (χ4n) is 3.38. The number of carbonyl (C=O) groups excluding carboxylic acids is 1. The van der Waals surface area contributed by atoms with Crippen molar-refractivity contribution in [3.05, 3.63) is 29.8 Å². The number of hydrogen-bond donors (Lipinski definition) is 1. The molecule has 2 fully saturated rings. The molecular weight excluding hydrogens is 316 g/mol. The van der Waals surface area contributed by atoms with Crippen LogP contribution in [0.3, 0.4) is 0 Å². The van der Waals surface area contributed by atoms with E-state index >= 15 is 0 Å². The van der Waals surface area contributed by atoms with Crippen molar-refractivity contribution >= 4 is 6.03 Å². The average Bonchev–Trinajstić information content (AvgIpc) is 2.67. The van der Waals surface area contributed by atoms with Crippen LogP contribution in [0, 0.1) is 12.3 Å². The van der Waals surface area contributed by atoms with Gasteiger partial charge in [0.25, 0.3) is 0 Å². The molecule has 0 bridgehead atoms. The molecule has 25 heavy (non-hydrogen) atoms. The van der Waals surface area contributed by atoms with Gasteiger partial charge in [0.05, 0.1) is 13.2 Å². The highest BCUT2D eigenvalue weighted by Gasteiger charge is 2.26. The van der Waals surface area contributed by atoms with Crippen LogP contribution in [0.5, 0.6) is 5.75 Å². The molecular formula is C20H26N2O3. The Morgan fingerprint density at radius 2 is 2.20 bits per heavy atom. The number of rotatable bonds is 4. The van der Waals surface area contributed by atoms with Gasteiger partial charge in [0, 0.05) is 18.2 Å². The minimum atomic E-state index is -0.125. The summed E-state index contributed by atoms with van der Waals surface area (Å²) in [5.41, 5.74) is 0.788. The van der Waals surface area contributed by atoms with Gasteiger partial charge in [-0.25, -0.2) is 4.79 Å². The molecule has 3 rings (SSSR count). The Balaban J connectivity index is 1.47. The summed E-state index contributed by atoms with van der Waals surface area (Å²) in [6.07, 6.45) is 11.2. The van der Waals surface area contributed by atoms with E-state index in [1.807, 2.05) is 29.2 Å². The molecule has 2 aliphatic rings. The normalized spacial score (nSPS) is 21.4. The Bertz CT molecular complexity index is 620. The summed E-state index contributed by atoms with van der Waals surface area (Å²) in [7, 11) is 0. The van der Waals surface area contributed by atoms with Gasteiger partial charge in [0.15, 0.2) is 0 Å². The largest absolute Gasteiger partial charge is 0.491 e. The molecule has 0 radical (unpaired) electrons. The molecule has 2 amide bonds. The highest BCUT2D eigenvalue weighted by Crippen LogP contribution is 2.18. The molecule has 1 aliphatic heterocycles. The van der Waals surface area contributed by atoms with E-state index < -0.39 is 0 Å². The summed E-state index contributed by atoms with van der Waals surface area (Å²) in [5.74, 6) is 3.32. The number of amides is 2. The number of hydrogen-bond acceptors (Lipinski definition) is 3. The first kappa shape index (κ1) is 17.6. The lowest BCUT2D eigenvalue weighted by Crippen LogP contribution is -2.53. The Hall–Kier alpha value is -2.19. The molecule has 5 nitrogen and oxygen atoms in total. The molecule has 1 saturated carbocycles. The SMILES string of the molecule is C#Cc1cccc(OCC2CN(C(=O)NC3CCCCC3)CCO2)c1. The molecule has 1 aromatic rings. The minimum Gasteiger partial charge on any atom is -0.491 e. The summed E-state index contributed by atoms with van der Waals surface area (Å²) in [6, 6.07) is 7.78. The lowest BCUT2D eigenvalue weighted by Gasteiger charge is -2.34. The Morgan fingerprint density at radius 3 is 3.00 bits per heavy atom. The van der Waals surface area contributed by atoms with E-state index in [0.29, 0.717) is 32.3 Å². The predicted molar refractivity (Wildman–Crippen MR) is 96.6 cm³/mol. The molecule has 1 saturated heterocycles. The minimum absolute atomic E-state index is 0.0227. The summed E-state index contributed by atoms with van der Waals surface area (Å²) >= 11 is 0. The predicted octanol–water partition coefficient (Wildman–Crippen LogP) is 2.79. The molecule has 1 aliphatic carbocycles. The van der Waals surface area contributed by atoms with Crippen LogP contribution < -0.4 is 10.1 Å². The summed E-state index contributed by atoms with van der Waals surface area (Å²) in [4.78, 5) is 14.3. The molecule has 1 atom stereocenters. The fourth-order valence-corrected chi connectivity index (χ4v) is 3.38. The molecule has 1 N–H and O–H groups in total.